The van der Waals surface area contributed by atoms with Crippen LogP contribution in [-0.4, -0.2) is 12.4 Å². The number of ether oxygens (including phenoxy) is 1. The van der Waals surface area contributed by atoms with Crippen LogP contribution in [0.1, 0.15) is 22.8 Å². The molecular formula is C15H11BrClFO2. The lowest BCUT2D eigenvalue weighted by molar-refractivity contribution is 0.103. The number of rotatable bonds is 4. The Morgan fingerprint density at radius 1 is 1.30 bits per heavy atom. The van der Waals surface area contributed by atoms with Crippen molar-refractivity contribution in [3.8, 4) is 5.75 Å². The van der Waals surface area contributed by atoms with Crippen LogP contribution in [-0.2, 0) is 0 Å². The molecule has 2 aromatic carbocycles. The molecule has 0 atom stereocenters. The largest absolute Gasteiger partial charge is 0.493 e. The van der Waals surface area contributed by atoms with Gasteiger partial charge in [-0.2, -0.15) is 0 Å². The van der Waals surface area contributed by atoms with Gasteiger partial charge in [-0.05, 0) is 37.3 Å². The van der Waals surface area contributed by atoms with Crippen molar-refractivity contribution in [3.05, 3.63) is 62.8 Å². The van der Waals surface area contributed by atoms with Gasteiger partial charge in [0.1, 0.15) is 5.75 Å². The summed E-state index contributed by atoms with van der Waals surface area (Å²) in [4.78, 5) is 12.5. The normalized spacial score (nSPS) is 10.4. The van der Waals surface area contributed by atoms with E-state index in [0.29, 0.717) is 22.4 Å². The molecule has 0 bridgehead atoms. The Hall–Kier alpha value is -1.39. The standard InChI is InChI=1S/C15H11BrClFO2/c1-2-20-13-7-6-9(16)8-11(13)15(19)10-4-3-5-12(17)14(10)18/h3-8H,2H2,1H3. The van der Waals surface area contributed by atoms with Crippen LogP contribution in [0, 0.1) is 5.82 Å². The summed E-state index contributed by atoms with van der Waals surface area (Å²) >= 11 is 9.00. The number of benzene rings is 2. The monoisotopic (exact) mass is 356 g/mol. The van der Waals surface area contributed by atoms with E-state index in [4.69, 9.17) is 16.3 Å². The summed E-state index contributed by atoms with van der Waals surface area (Å²) in [6.07, 6.45) is 0. The first-order valence-electron chi connectivity index (χ1n) is 5.95. The molecule has 0 radical (unpaired) electrons. The Bertz CT molecular complexity index is 658. The van der Waals surface area contributed by atoms with Gasteiger partial charge in [0, 0.05) is 4.47 Å². The van der Waals surface area contributed by atoms with Gasteiger partial charge in [0.2, 0.25) is 0 Å². The van der Waals surface area contributed by atoms with Gasteiger partial charge in [-0.15, -0.1) is 0 Å². The zero-order chi connectivity index (χ0) is 14.7. The summed E-state index contributed by atoms with van der Waals surface area (Å²) in [6.45, 7) is 2.23. The summed E-state index contributed by atoms with van der Waals surface area (Å²) in [5.41, 5.74) is 0.221. The van der Waals surface area contributed by atoms with Gasteiger partial charge in [-0.1, -0.05) is 33.6 Å². The lowest BCUT2D eigenvalue weighted by atomic mass is 10.0. The number of carbonyl (C=O) groups is 1. The number of halogens is 3. The van der Waals surface area contributed by atoms with E-state index in [9.17, 15) is 9.18 Å². The minimum Gasteiger partial charge on any atom is -0.493 e. The smallest absolute Gasteiger partial charge is 0.199 e. The molecule has 0 aliphatic carbocycles. The third-order valence-electron chi connectivity index (χ3n) is 2.68. The molecule has 2 nitrogen and oxygen atoms in total. The van der Waals surface area contributed by atoms with Crippen LogP contribution in [0.25, 0.3) is 0 Å². The van der Waals surface area contributed by atoms with Crippen LogP contribution in [0.4, 0.5) is 4.39 Å². The second-order valence-electron chi connectivity index (χ2n) is 4.00. The van der Waals surface area contributed by atoms with Crippen LogP contribution < -0.4 is 4.74 Å². The molecule has 20 heavy (non-hydrogen) atoms. The van der Waals surface area contributed by atoms with Crippen molar-refractivity contribution < 1.29 is 13.9 Å². The molecule has 5 heteroatoms. The Kier molecular flexibility index (Phi) is 4.78. The summed E-state index contributed by atoms with van der Waals surface area (Å²) in [7, 11) is 0. The third-order valence-corrected chi connectivity index (χ3v) is 3.47. The van der Waals surface area contributed by atoms with Crippen molar-refractivity contribution in [2.45, 2.75) is 6.92 Å². The highest BCUT2D eigenvalue weighted by Gasteiger charge is 2.20. The molecule has 0 saturated carbocycles. The van der Waals surface area contributed by atoms with E-state index in [1.165, 1.54) is 18.2 Å². The minimum absolute atomic E-state index is 0.0726. The lowest BCUT2D eigenvalue weighted by Gasteiger charge is -2.10. The van der Waals surface area contributed by atoms with E-state index in [1.54, 1.807) is 18.2 Å². The molecule has 2 aromatic rings. The number of hydrogen-bond donors (Lipinski definition) is 0. The zero-order valence-electron chi connectivity index (χ0n) is 10.6. The highest BCUT2D eigenvalue weighted by atomic mass is 79.9. The fraction of sp³-hybridized carbons (Fsp3) is 0.133. The molecule has 0 spiro atoms. The second kappa shape index (κ2) is 6.37. The Balaban J connectivity index is 2.52. The highest BCUT2D eigenvalue weighted by Crippen LogP contribution is 2.28. The van der Waals surface area contributed by atoms with Crippen LogP contribution in [0.3, 0.4) is 0 Å². The summed E-state index contributed by atoms with van der Waals surface area (Å²) in [5.74, 6) is -0.767. The maximum Gasteiger partial charge on any atom is 0.199 e. The first-order valence-corrected chi connectivity index (χ1v) is 7.12. The average Bonchev–Trinajstić information content (AvgIpc) is 2.43. The van der Waals surface area contributed by atoms with Crippen molar-refractivity contribution in [2.24, 2.45) is 0 Å². The molecular weight excluding hydrogens is 347 g/mol. The van der Waals surface area contributed by atoms with Gasteiger partial charge in [-0.25, -0.2) is 4.39 Å². The molecule has 0 amide bonds. The second-order valence-corrected chi connectivity index (χ2v) is 5.33. The van der Waals surface area contributed by atoms with Crippen LogP contribution in [0.15, 0.2) is 40.9 Å². The number of hydrogen-bond acceptors (Lipinski definition) is 2. The van der Waals surface area contributed by atoms with Crippen molar-refractivity contribution >= 4 is 33.3 Å². The van der Waals surface area contributed by atoms with E-state index in [0.717, 1.165) is 0 Å². The first-order chi connectivity index (χ1) is 9.54. The van der Waals surface area contributed by atoms with Crippen LogP contribution >= 0.6 is 27.5 Å². The minimum atomic E-state index is -0.721. The van der Waals surface area contributed by atoms with Gasteiger partial charge < -0.3 is 4.74 Å². The first kappa shape index (κ1) is 15.0. The summed E-state index contributed by atoms with van der Waals surface area (Å²) in [6, 6.07) is 9.38. The summed E-state index contributed by atoms with van der Waals surface area (Å²) < 4.78 is 20.1. The maximum absolute atomic E-state index is 14.0. The van der Waals surface area contributed by atoms with Crippen LogP contribution in [0.5, 0.6) is 5.75 Å². The topological polar surface area (TPSA) is 26.3 Å². The molecule has 0 heterocycles. The van der Waals surface area contributed by atoms with Gasteiger partial charge >= 0.3 is 0 Å². The zero-order valence-corrected chi connectivity index (χ0v) is 13.0. The average molecular weight is 358 g/mol. The van der Waals surface area contributed by atoms with E-state index in [-0.39, 0.29) is 10.6 Å². The van der Waals surface area contributed by atoms with Gasteiger partial charge in [-0.3, -0.25) is 4.79 Å². The molecule has 0 aliphatic heterocycles. The van der Waals surface area contributed by atoms with Crippen LogP contribution in [0.2, 0.25) is 5.02 Å². The molecule has 0 unspecified atom stereocenters. The molecule has 0 aromatic heterocycles. The van der Waals surface area contributed by atoms with Crippen molar-refractivity contribution in [1.82, 2.24) is 0 Å². The lowest BCUT2D eigenvalue weighted by Crippen LogP contribution is -2.07. The van der Waals surface area contributed by atoms with Gasteiger partial charge in [0.25, 0.3) is 0 Å². The van der Waals surface area contributed by atoms with E-state index >= 15 is 0 Å². The van der Waals surface area contributed by atoms with E-state index < -0.39 is 11.6 Å². The summed E-state index contributed by atoms with van der Waals surface area (Å²) in [5, 5.41) is -0.0798. The molecule has 0 fully saturated rings. The highest BCUT2D eigenvalue weighted by molar-refractivity contribution is 9.10. The number of carbonyl (C=O) groups excluding carboxylic acids is 1. The Morgan fingerprint density at radius 2 is 2.05 bits per heavy atom. The van der Waals surface area contributed by atoms with E-state index in [2.05, 4.69) is 15.9 Å². The maximum atomic E-state index is 14.0. The van der Waals surface area contributed by atoms with Crippen molar-refractivity contribution in [1.29, 1.82) is 0 Å². The predicted molar refractivity (Wildman–Crippen MR) is 80.2 cm³/mol. The third kappa shape index (κ3) is 3.02. The molecule has 0 saturated heterocycles. The fourth-order valence-corrected chi connectivity index (χ4v) is 2.32. The van der Waals surface area contributed by atoms with E-state index in [1.807, 2.05) is 6.92 Å². The Labute approximate surface area is 129 Å². The number of ketones is 1. The molecule has 2 rings (SSSR count). The molecule has 0 N–H and O–H groups in total. The SMILES string of the molecule is CCOc1ccc(Br)cc1C(=O)c1cccc(Cl)c1F. The van der Waals surface area contributed by atoms with Crippen molar-refractivity contribution in [3.63, 3.8) is 0 Å². The van der Waals surface area contributed by atoms with Gasteiger partial charge in [0.15, 0.2) is 11.6 Å². The molecule has 104 valence electrons. The Morgan fingerprint density at radius 3 is 2.75 bits per heavy atom. The van der Waals surface area contributed by atoms with Gasteiger partial charge in [0.05, 0.1) is 22.8 Å². The predicted octanol–water partition coefficient (Wildman–Crippen LogP) is 4.87. The van der Waals surface area contributed by atoms with Crippen molar-refractivity contribution in [2.75, 3.05) is 6.61 Å². The quantitative estimate of drug-likeness (QED) is 0.730. The fourth-order valence-electron chi connectivity index (χ4n) is 1.79. The molecule has 0 aliphatic rings.